The molecule has 27 heavy (non-hydrogen) atoms. The molecule has 154 valence electrons. The molecule has 0 bridgehead atoms. The van der Waals surface area contributed by atoms with Gasteiger partial charge >= 0.3 is 0 Å². The summed E-state index contributed by atoms with van der Waals surface area (Å²) in [6.07, 6.45) is 3.55. The summed E-state index contributed by atoms with van der Waals surface area (Å²) in [5.74, 6) is 1.35. The van der Waals surface area contributed by atoms with E-state index in [1.165, 1.54) is 17.5 Å². The Morgan fingerprint density at radius 1 is 1.22 bits per heavy atom. The van der Waals surface area contributed by atoms with Crippen molar-refractivity contribution in [2.75, 3.05) is 46.9 Å². The molecule has 1 heterocycles. The maximum absolute atomic E-state index is 6.12. The molecule has 2 N–H and O–H groups in total. The maximum Gasteiger partial charge on any atom is 0.191 e. The molecular formula is C21H37IN4O. The molecular weight excluding hydrogens is 451 g/mol. The van der Waals surface area contributed by atoms with Crippen LogP contribution in [0.1, 0.15) is 43.4 Å². The van der Waals surface area contributed by atoms with Gasteiger partial charge in [0.1, 0.15) is 0 Å². The molecule has 0 amide bonds. The van der Waals surface area contributed by atoms with Crippen LogP contribution >= 0.6 is 24.0 Å². The molecule has 1 aliphatic heterocycles. The van der Waals surface area contributed by atoms with E-state index in [0.717, 1.165) is 51.6 Å². The third-order valence-corrected chi connectivity index (χ3v) is 4.75. The Morgan fingerprint density at radius 2 is 1.96 bits per heavy atom. The van der Waals surface area contributed by atoms with Gasteiger partial charge in [-0.15, -0.1) is 24.0 Å². The molecule has 6 heteroatoms. The first kappa shape index (κ1) is 24.2. The quantitative estimate of drug-likeness (QED) is 0.254. The van der Waals surface area contributed by atoms with Crippen molar-refractivity contribution in [2.45, 2.75) is 39.2 Å². The third-order valence-electron chi connectivity index (χ3n) is 4.75. The summed E-state index contributed by atoms with van der Waals surface area (Å²) in [7, 11) is 4.21. The van der Waals surface area contributed by atoms with Crippen molar-refractivity contribution in [2.24, 2.45) is 10.9 Å². The number of nitrogens with zero attached hydrogens (tertiary/aromatic N) is 2. The van der Waals surface area contributed by atoms with E-state index in [4.69, 9.17) is 9.73 Å². The van der Waals surface area contributed by atoms with Crippen LogP contribution in [0.25, 0.3) is 0 Å². The highest BCUT2D eigenvalue weighted by atomic mass is 127. The van der Waals surface area contributed by atoms with Crippen LogP contribution in [0.2, 0.25) is 0 Å². The SMILES string of the molecule is CCNC(=NCC1CCCOC1c1ccc(C)cc1)NCCCN(C)C.I. The summed E-state index contributed by atoms with van der Waals surface area (Å²) in [4.78, 5) is 7.05. The number of aliphatic imine (C=N–C) groups is 1. The maximum atomic E-state index is 6.12. The number of hydrogen-bond donors (Lipinski definition) is 2. The summed E-state index contributed by atoms with van der Waals surface area (Å²) in [5, 5.41) is 6.81. The highest BCUT2D eigenvalue weighted by Gasteiger charge is 2.27. The number of aryl methyl sites for hydroxylation is 1. The second-order valence-corrected chi connectivity index (χ2v) is 7.41. The molecule has 0 saturated carbocycles. The predicted octanol–water partition coefficient (Wildman–Crippen LogP) is 3.59. The fraction of sp³-hybridized carbons (Fsp3) is 0.667. The van der Waals surface area contributed by atoms with Crippen LogP contribution in [-0.2, 0) is 4.74 Å². The molecule has 5 nitrogen and oxygen atoms in total. The Hall–Kier alpha value is -0.860. The number of rotatable bonds is 8. The molecule has 2 rings (SSSR count). The average molecular weight is 488 g/mol. The second kappa shape index (κ2) is 13.3. The van der Waals surface area contributed by atoms with Crippen molar-refractivity contribution < 1.29 is 4.74 Å². The van der Waals surface area contributed by atoms with Gasteiger partial charge in [0.2, 0.25) is 0 Å². The van der Waals surface area contributed by atoms with Crippen LogP contribution in [0.4, 0.5) is 0 Å². The zero-order valence-electron chi connectivity index (χ0n) is 17.3. The molecule has 1 aliphatic rings. The van der Waals surface area contributed by atoms with Gasteiger partial charge in [0.05, 0.1) is 6.10 Å². The molecule has 1 aromatic rings. The van der Waals surface area contributed by atoms with Crippen LogP contribution in [0.5, 0.6) is 0 Å². The van der Waals surface area contributed by atoms with Gasteiger partial charge in [-0.25, -0.2) is 0 Å². The van der Waals surface area contributed by atoms with Gasteiger partial charge in [0.25, 0.3) is 0 Å². The smallest absolute Gasteiger partial charge is 0.191 e. The molecule has 1 saturated heterocycles. The molecule has 2 atom stereocenters. The van der Waals surface area contributed by atoms with Crippen molar-refractivity contribution in [3.63, 3.8) is 0 Å². The number of halogens is 1. The van der Waals surface area contributed by atoms with Gasteiger partial charge in [-0.1, -0.05) is 29.8 Å². The van der Waals surface area contributed by atoms with Crippen molar-refractivity contribution in [3.05, 3.63) is 35.4 Å². The highest BCUT2D eigenvalue weighted by Crippen LogP contribution is 2.33. The van der Waals surface area contributed by atoms with Crippen molar-refractivity contribution in [1.82, 2.24) is 15.5 Å². The number of guanidine groups is 1. The van der Waals surface area contributed by atoms with E-state index in [0.29, 0.717) is 5.92 Å². The van der Waals surface area contributed by atoms with E-state index in [9.17, 15) is 0 Å². The molecule has 0 radical (unpaired) electrons. The lowest BCUT2D eigenvalue weighted by Gasteiger charge is -2.31. The van der Waals surface area contributed by atoms with Gasteiger partial charge in [-0.05, 0) is 59.3 Å². The highest BCUT2D eigenvalue weighted by molar-refractivity contribution is 14.0. The zero-order chi connectivity index (χ0) is 18.8. The van der Waals surface area contributed by atoms with Crippen LogP contribution in [-0.4, -0.2) is 57.7 Å². The van der Waals surface area contributed by atoms with E-state index >= 15 is 0 Å². The van der Waals surface area contributed by atoms with Gasteiger partial charge in [-0.3, -0.25) is 4.99 Å². The molecule has 1 aromatic carbocycles. The summed E-state index contributed by atoms with van der Waals surface area (Å²) >= 11 is 0. The van der Waals surface area contributed by atoms with Crippen LogP contribution in [0.15, 0.2) is 29.3 Å². The second-order valence-electron chi connectivity index (χ2n) is 7.41. The number of benzene rings is 1. The molecule has 0 aliphatic carbocycles. The average Bonchev–Trinajstić information content (AvgIpc) is 2.64. The molecule has 0 aromatic heterocycles. The fourth-order valence-corrected chi connectivity index (χ4v) is 3.31. The van der Waals surface area contributed by atoms with Crippen molar-refractivity contribution in [1.29, 1.82) is 0 Å². The predicted molar refractivity (Wildman–Crippen MR) is 125 cm³/mol. The summed E-state index contributed by atoms with van der Waals surface area (Å²) in [5.41, 5.74) is 2.56. The standard InChI is InChI=1S/C21H36N4O.HI/c1-5-22-21(23-13-7-14-25(3)4)24-16-19-8-6-15-26-20(19)18-11-9-17(2)10-12-18;/h9-12,19-20H,5-8,13-16H2,1-4H3,(H2,22,23,24);1H. The Morgan fingerprint density at radius 3 is 2.63 bits per heavy atom. The fourth-order valence-electron chi connectivity index (χ4n) is 3.31. The summed E-state index contributed by atoms with van der Waals surface area (Å²) < 4.78 is 6.12. The molecule has 2 unspecified atom stereocenters. The summed E-state index contributed by atoms with van der Waals surface area (Å²) in [6.45, 7) is 8.77. The van der Waals surface area contributed by atoms with E-state index in [-0.39, 0.29) is 30.1 Å². The Labute approximate surface area is 182 Å². The van der Waals surface area contributed by atoms with Gasteiger partial charge in [0.15, 0.2) is 5.96 Å². The minimum atomic E-state index is 0. The first-order chi connectivity index (χ1) is 12.6. The van der Waals surface area contributed by atoms with E-state index < -0.39 is 0 Å². The van der Waals surface area contributed by atoms with E-state index in [1.807, 2.05) is 0 Å². The van der Waals surface area contributed by atoms with Gasteiger partial charge in [-0.2, -0.15) is 0 Å². The number of ether oxygens (including phenoxy) is 1. The van der Waals surface area contributed by atoms with E-state index in [2.05, 4.69) is 67.7 Å². The normalized spacial score (nSPS) is 20.3. The first-order valence-electron chi connectivity index (χ1n) is 9.95. The van der Waals surface area contributed by atoms with Crippen LogP contribution in [0, 0.1) is 12.8 Å². The number of nitrogens with one attached hydrogen (secondary N) is 2. The van der Waals surface area contributed by atoms with Gasteiger partial charge in [0, 0.05) is 32.2 Å². The monoisotopic (exact) mass is 488 g/mol. The lowest BCUT2D eigenvalue weighted by Crippen LogP contribution is -2.39. The summed E-state index contributed by atoms with van der Waals surface area (Å²) in [6, 6.07) is 8.74. The minimum absolute atomic E-state index is 0. The lowest BCUT2D eigenvalue weighted by molar-refractivity contribution is -0.0250. The molecule has 0 spiro atoms. The Balaban J connectivity index is 0.00000364. The third kappa shape index (κ3) is 8.79. The topological polar surface area (TPSA) is 48.9 Å². The Kier molecular flexibility index (Phi) is 11.9. The Bertz CT molecular complexity index is 548. The number of hydrogen-bond acceptors (Lipinski definition) is 3. The first-order valence-corrected chi connectivity index (χ1v) is 9.95. The lowest BCUT2D eigenvalue weighted by atomic mass is 9.89. The van der Waals surface area contributed by atoms with Gasteiger partial charge < -0.3 is 20.3 Å². The van der Waals surface area contributed by atoms with Crippen molar-refractivity contribution >= 4 is 29.9 Å². The molecule has 1 fully saturated rings. The van der Waals surface area contributed by atoms with Crippen LogP contribution < -0.4 is 10.6 Å². The zero-order valence-corrected chi connectivity index (χ0v) is 19.7. The van der Waals surface area contributed by atoms with Crippen LogP contribution in [0.3, 0.4) is 0 Å². The minimum Gasteiger partial charge on any atom is -0.373 e. The van der Waals surface area contributed by atoms with E-state index in [1.54, 1.807) is 0 Å². The largest absolute Gasteiger partial charge is 0.373 e. The van der Waals surface area contributed by atoms with Crippen molar-refractivity contribution in [3.8, 4) is 0 Å².